The largest absolute Gasteiger partial charge is 0.299 e. The topological polar surface area (TPSA) is 50.3 Å². The maximum absolute atomic E-state index is 13.4. The number of benzene rings is 1. The zero-order chi connectivity index (χ0) is 15.1. The highest BCUT2D eigenvalue weighted by Gasteiger charge is 2.37. The van der Waals surface area contributed by atoms with Crippen LogP contribution in [-0.4, -0.2) is 16.7 Å². The van der Waals surface area contributed by atoms with E-state index in [0.717, 1.165) is 17.2 Å². The summed E-state index contributed by atoms with van der Waals surface area (Å²) in [5.74, 6) is -1.90. The van der Waals surface area contributed by atoms with Gasteiger partial charge in [0.05, 0.1) is 17.8 Å². The number of hydrogen-bond donors (Lipinski definition) is 0. The number of aromatic nitrogens is 1. The minimum absolute atomic E-state index is 0.0903. The summed E-state index contributed by atoms with van der Waals surface area (Å²) in [4.78, 5) is 29.5. The molecule has 2 heterocycles. The molecule has 0 N–H and O–H groups in total. The molecule has 21 heavy (non-hydrogen) atoms. The number of amides is 1. The van der Waals surface area contributed by atoms with Crippen LogP contribution in [0.15, 0.2) is 35.1 Å². The number of pyridine rings is 1. The first-order chi connectivity index (χ1) is 9.97. The second-order valence-corrected chi connectivity index (χ2v) is 5.73. The minimum Gasteiger partial charge on any atom is -0.299 e. The summed E-state index contributed by atoms with van der Waals surface area (Å²) >= 11 is 3.22. The molecule has 0 aliphatic carbocycles. The third kappa shape index (κ3) is 2.35. The Hall–Kier alpha value is -2.08. The van der Waals surface area contributed by atoms with Gasteiger partial charge in [-0.05, 0) is 46.1 Å². The third-order valence-electron chi connectivity index (χ3n) is 3.25. The molecule has 6 heteroatoms. The maximum atomic E-state index is 13.4. The zero-order valence-corrected chi connectivity index (χ0v) is 12.6. The van der Waals surface area contributed by atoms with Crippen molar-refractivity contribution in [3.63, 3.8) is 0 Å². The Kier molecular flexibility index (Phi) is 3.33. The fourth-order valence-corrected chi connectivity index (χ4v) is 3.04. The van der Waals surface area contributed by atoms with Crippen LogP contribution in [0.2, 0.25) is 0 Å². The van der Waals surface area contributed by atoms with E-state index in [1.807, 2.05) is 13.0 Å². The lowest BCUT2D eigenvalue weighted by Crippen LogP contribution is -2.29. The van der Waals surface area contributed by atoms with Crippen molar-refractivity contribution >= 4 is 33.3 Å². The zero-order valence-electron chi connectivity index (χ0n) is 11.1. The summed E-state index contributed by atoms with van der Waals surface area (Å²) in [5.41, 5.74) is 2.27. The molecule has 0 spiro atoms. The summed E-state index contributed by atoms with van der Waals surface area (Å²) in [6.07, 6.45) is 3.35. The summed E-state index contributed by atoms with van der Waals surface area (Å²) < 4.78 is 13.8. The van der Waals surface area contributed by atoms with Crippen LogP contribution in [0.25, 0.3) is 0 Å². The number of nitrogens with zero attached hydrogens (tertiary/aromatic N) is 2. The normalized spacial score (nSPS) is 13.8. The van der Waals surface area contributed by atoms with Gasteiger partial charge in [0.25, 0.3) is 11.7 Å². The van der Waals surface area contributed by atoms with Crippen LogP contribution in [0.5, 0.6) is 0 Å². The highest BCUT2D eigenvalue weighted by molar-refractivity contribution is 9.10. The molecular formula is C15H10BrFN2O2. The van der Waals surface area contributed by atoms with E-state index < -0.39 is 17.5 Å². The number of rotatable bonds is 2. The first-order valence-electron chi connectivity index (χ1n) is 6.23. The van der Waals surface area contributed by atoms with Gasteiger partial charge in [-0.25, -0.2) is 4.39 Å². The molecule has 2 aromatic rings. The Labute approximate surface area is 128 Å². The Morgan fingerprint density at radius 2 is 2.00 bits per heavy atom. The third-order valence-corrected chi connectivity index (χ3v) is 3.86. The molecule has 0 radical (unpaired) electrons. The predicted molar refractivity (Wildman–Crippen MR) is 78.6 cm³/mol. The van der Waals surface area contributed by atoms with Crippen molar-refractivity contribution in [2.75, 3.05) is 4.90 Å². The summed E-state index contributed by atoms with van der Waals surface area (Å²) in [6.45, 7) is 2.11. The number of ketones is 1. The molecule has 1 aliphatic rings. The van der Waals surface area contributed by atoms with Gasteiger partial charge < -0.3 is 0 Å². The molecule has 1 aromatic heterocycles. The molecule has 1 amide bonds. The number of anilines is 1. The molecular weight excluding hydrogens is 339 g/mol. The first kappa shape index (κ1) is 13.9. The average Bonchev–Trinajstić information content (AvgIpc) is 2.64. The second-order valence-electron chi connectivity index (χ2n) is 4.87. The molecule has 0 saturated heterocycles. The van der Waals surface area contributed by atoms with Crippen molar-refractivity contribution in [1.29, 1.82) is 0 Å². The summed E-state index contributed by atoms with van der Waals surface area (Å²) in [5, 5.41) is 0. The highest BCUT2D eigenvalue weighted by atomic mass is 79.9. The fraction of sp³-hybridized carbons (Fsp3) is 0.133. The molecule has 0 bridgehead atoms. The molecule has 0 fully saturated rings. The molecule has 0 saturated carbocycles. The van der Waals surface area contributed by atoms with E-state index in [1.54, 1.807) is 12.4 Å². The van der Waals surface area contributed by atoms with Crippen molar-refractivity contribution in [2.45, 2.75) is 13.5 Å². The molecule has 0 atom stereocenters. The van der Waals surface area contributed by atoms with Gasteiger partial charge in [-0.3, -0.25) is 19.5 Å². The van der Waals surface area contributed by atoms with Crippen molar-refractivity contribution < 1.29 is 14.0 Å². The molecule has 1 aliphatic heterocycles. The van der Waals surface area contributed by atoms with E-state index in [2.05, 4.69) is 20.9 Å². The van der Waals surface area contributed by atoms with Gasteiger partial charge in [0.2, 0.25) is 0 Å². The van der Waals surface area contributed by atoms with Crippen LogP contribution in [0, 0.1) is 12.7 Å². The highest BCUT2D eigenvalue weighted by Crippen LogP contribution is 2.37. The van der Waals surface area contributed by atoms with Crippen LogP contribution in [0.3, 0.4) is 0 Å². The number of carbonyl (C=O) groups excluding carboxylic acids is 2. The Balaban J connectivity index is 2.05. The average molecular weight is 349 g/mol. The molecule has 4 nitrogen and oxygen atoms in total. The standard InChI is InChI=1S/C15H10BrFN2O2/c1-8-2-9(6-18-5-8)7-19-13-11(14(20)15(19)21)3-10(17)4-12(13)16/h2-6H,7H2,1H3. The van der Waals surface area contributed by atoms with E-state index in [4.69, 9.17) is 0 Å². The SMILES string of the molecule is Cc1cncc(CN2C(=O)C(=O)c3cc(F)cc(Br)c32)c1. The minimum atomic E-state index is -0.689. The van der Waals surface area contributed by atoms with Crippen molar-refractivity contribution in [3.8, 4) is 0 Å². The van der Waals surface area contributed by atoms with Crippen molar-refractivity contribution in [3.05, 3.63) is 57.6 Å². The fourth-order valence-electron chi connectivity index (χ4n) is 2.39. The van der Waals surface area contributed by atoms with Gasteiger partial charge in [0.1, 0.15) is 5.82 Å². The van der Waals surface area contributed by atoms with Gasteiger partial charge in [-0.2, -0.15) is 0 Å². The number of carbonyl (C=O) groups is 2. The predicted octanol–water partition coefficient (Wildman–Crippen LogP) is 3.02. The van der Waals surface area contributed by atoms with Gasteiger partial charge in [0.15, 0.2) is 0 Å². The van der Waals surface area contributed by atoms with E-state index in [9.17, 15) is 14.0 Å². The van der Waals surface area contributed by atoms with Crippen LogP contribution in [-0.2, 0) is 11.3 Å². The lowest BCUT2D eigenvalue weighted by molar-refractivity contribution is -0.114. The Morgan fingerprint density at radius 3 is 2.71 bits per heavy atom. The van der Waals surface area contributed by atoms with Gasteiger partial charge in [-0.15, -0.1) is 0 Å². The summed E-state index contributed by atoms with van der Waals surface area (Å²) in [7, 11) is 0. The van der Waals surface area contributed by atoms with Gasteiger partial charge in [0, 0.05) is 16.9 Å². The smallest absolute Gasteiger partial charge is 0.299 e. The van der Waals surface area contributed by atoms with Crippen molar-refractivity contribution in [1.82, 2.24) is 4.98 Å². The Bertz CT molecular complexity index is 776. The number of aryl methyl sites for hydroxylation is 1. The quantitative estimate of drug-likeness (QED) is 0.784. The van der Waals surface area contributed by atoms with Crippen LogP contribution in [0.4, 0.5) is 10.1 Å². The van der Waals surface area contributed by atoms with E-state index in [-0.39, 0.29) is 12.1 Å². The van der Waals surface area contributed by atoms with Gasteiger partial charge >= 0.3 is 0 Å². The van der Waals surface area contributed by atoms with Crippen LogP contribution < -0.4 is 4.90 Å². The molecule has 106 valence electrons. The lowest BCUT2D eigenvalue weighted by atomic mass is 10.1. The second kappa shape index (κ2) is 5.04. The number of Topliss-reactive ketones (excluding diaryl/α,β-unsaturated/α-hetero) is 1. The van der Waals surface area contributed by atoms with Gasteiger partial charge in [-0.1, -0.05) is 6.07 Å². The molecule has 0 unspecified atom stereocenters. The first-order valence-corrected chi connectivity index (χ1v) is 7.02. The molecule has 3 rings (SSSR count). The van der Waals surface area contributed by atoms with Crippen LogP contribution in [0.1, 0.15) is 21.5 Å². The lowest BCUT2D eigenvalue weighted by Gasteiger charge is -2.18. The van der Waals surface area contributed by atoms with Crippen molar-refractivity contribution in [2.24, 2.45) is 0 Å². The van der Waals surface area contributed by atoms with Crippen LogP contribution >= 0.6 is 15.9 Å². The monoisotopic (exact) mass is 348 g/mol. The van der Waals surface area contributed by atoms with E-state index in [1.165, 1.54) is 11.0 Å². The number of fused-ring (bicyclic) bond motifs is 1. The maximum Gasteiger partial charge on any atom is 0.299 e. The van der Waals surface area contributed by atoms with E-state index in [0.29, 0.717) is 10.2 Å². The Morgan fingerprint density at radius 1 is 1.24 bits per heavy atom. The number of hydrogen-bond acceptors (Lipinski definition) is 3. The summed E-state index contributed by atoms with van der Waals surface area (Å²) in [6, 6.07) is 4.22. The molecule has 1 aromatic carbocycles. The number of halogens is 2. The van der Waals surface area contributed by atoms with E-state index >= 15 is 0 Å².